The lowest BCUT2D eigenvalue weighted by Gasteiger charge is -2.27. The number of hydrogen-bond donors (Lipinski definition) is 2. The zero-order valence-corrected chi connectivity index (χ0v) is 10.7. The van der Waals surface area contributed by atoms with Crippen LogP contribution in [0, 0.1) is 11.7 Å². The molecule has 1 fully saturated rings. The van der Waals surface area contributed by atoms with E-state index in [-0.39, 0.29) is 18.0 Å². The van der Waals surface area contributed by atoms with E-state index in [1.54, 1.807) is 12.1 Å². The van der Waals surface area contributed by atoms with E-state index in [1.807, 2.05) is 6.92 Å². The Hall–Kier alpha value is -0.970. The summed E-state index contributed by atoms with van der Waals surface area (Å²) in [5.41, 5.74) is 6.89. The number of nitrogens with two attached hydrogens (primary N) is 1. The van der Waals surface area contributed by atoms with Gasteiger partial charge in [-0.3, -0.25) is 4.90 Å². The zero-order valence-electron chi connectivity index (χ0n) is 10.7. The minimum absolute atomic E-state index is 0.120. The van der Waals surface area contributed by atoms with E-state index in [4.69, 9.17) is 5.73 Å². The Morgan fingerprint density at radius 1 is 1.44 bits per heavy atom. The van der Waals surface area contributed by atoms with Gasteiger partial charge in [-0.05, 0) is 43.5 Å². The summed E-state index contributed by atoms with van der Waals surface area (Å²) in [6.07, 6.45) is 0.719. The Balaban J connectivity index is 2.08. The number of likely N-dealkylation sites (tertiary alicyclic amines) is 1. The number of nitrogens with zero attached hydrogens (tertiary/aromatic N) is 1. The average Bonchev–Trinajstić information content (AvgIpc) is 2.82. The first-order valence-corrected chi connectivity index (χ1v) is 6.49. The molecule has 1 aromatic rings. The molecule has 1 heterocycles. The van der Waals surface area contributed by atoms with Gasteiger partial charge in [0.25, 0.3) is 0 Å². The summed E-state index contributed by atoms with van der Waals surface area (Å²) < 4.78 is 12.9. The third-order valence-electron chi connectivity index (χ3n) is 3.86. The summed E-state index contributed by atoms with van der Waals surface area (Å²) in [7, 11) is 0. The Morgan fingerprint density at radius 2 is 2.11 bits per heavy atom. The first-order valence-electron chi connectivity index (χ1n) is 6.49. The van der Waals surface area contributed by atoms with Crippen molar-refractivity contribution >= 4 is 0 Å². The van der Waals surface area contributed by atoms with E-state index in [0.29, 0.717) is 12.5 Å². The average molecular weight is 252 g/mol. The number of rotatable bonds is 4. The van der Waals surface area contributed by atoms with Gasteiger partial charge in [0.1, 0.15) is 5.82 Å². The standard InChI is InChI=1S/C14H21FN2O/c1-10(18)12-6-7-17(9-12)14(8-16)11-2-4-13(15)5-3-11/h2-5,10,12,14,18H,6-9,16H2,1H3. The van der Waals surface area contributed by atoms with Gasteiger partial charge in [0.15, 0.2) is 0 Å². The minimum Gasteiger partial charge on any atom is -0.393 e. The molecule has 0 amide bonds. The van der Waals surface area contributed by atoms with Gasteiger partial charge in [-0.2, -0.15) is 0 Å². The fourth-order valence-corrected chi connectivity index (χ4v) is 2.67. The van der Waals surface area contributed by atoms with Crippen molar-refractivity contribution in [2.24, 2.45) is 11.7 Å². The predicted molar refractivity (Wildman–Crippen MR) is 69.6 cm³/mol. The van der Waals surface area contributed by atoms with E-state index >= 15 is 0 Å². The van der Waals surface area contributed by atoms with Crippen LogP contribution in [0.1, 0.15) is 24.9 Å². The summed E-state index contributed by atoms with van der Waals surface area (Å²) in [6, 6.07) is 6.65. The highest BCUT2D eigenvalue weighted by Crippen LogP contribution is 2.28. The largest absolute Gasteiger partial charge is 0.393 e. The molecule has 0 bridgehead atoms. The Labute approximate surface area is 107 Å². The number of halogens is 1. The first-order chi connectivity index (χ1) is 8.61. The van der Waals surface area contributed by atoms with Crippen LogP contribution < -0.4 is 5.73 Å². The Morgan fingerprint density at radius 3 is 2.61 bits per heavy atom. The highest BCUT2D eigenvalue weighted by atomic mass is 19.1. The molecule has 1 saturated heterocycles. The van der Waals surface area contributed by atoms with Crippen LogP contribution in [0.25, 0.3) is 0 Å². The maximum atomic E-state index is 12.9. The van der Waals surface area contributed by atoms with Crippen LogP contribution in [0.2, 0.25) is 0 Å². The lowest BCUT2D eigenvalue weighted by atomic mass is 10.0. The van der Waals surface area contributed by atoms with Crippen molar-refractivity contribution in [3.63, 3.8) is 0 Å². The fraction of sp³-hybridized carbons (Fsp3) is 0.571. The second-order valence-corrected chi connectivity index (χ2v) is 5.09. The molecule has 4 heteroatoms. The lowest BCUT2D eigenvalue weighted by molar-refractivity contribution is 0.122. The maximum absolute atomic E-state index is 12.9. The van der Waals surface area contributed by atoms with Crippen LogP contribution in [0.4, 0.5) is 4.39 Å². The molecular formula is C14H21FN2O. The predicted octanol–water partition coefficient (Wildman–Crippen LogP) is 1.53. The quantitative estimate of drug-likeness (QED) is 0.854. The van der Waals surface area contributed by atoms with Crippen LogP contribution in [-0.4, -0.2) is 35.7 Å². The van der Waals surface area contributed by atoms with Crippen molar-refractivity contribution < 1.29 is 9.50 Å². The zero-order chi connectivity index (χ0) is 13.1. The molecule has 1 aliphatic heterocycles. The Kier molecular flexibility index (Phi) is 4.32. The molecule has 3 unspecified atom stereocenters. The molecule has 0 radical (unpaired) electrons. The summed E-state index contributed by atoms with van der Waals surface area (Å²) >= 11 is 0. The molecular weight excluding hydrogens is 231 g/mol. The molecule has 2 rings (SSSR count). The second-order valence-electron chi connectivity index (χ2n) is 5.09. The normalized spacial score (nSPS) is 24.1. The molecule has 0 aromatic heterocycles. The molecule has 18 heavy (non-hydrogen) atoms. The maximum Gasteiger partial charge on any atom is 0.123 e. The minimum atomic E-state index is -0.276. The summed E-state index contributed by atoms with van der Waals surface area (Å²) in [4.78, 5) is 2.28. The summed E-state index contributed by atoms with van der Waals surface area (Å²) in [5.74, 6) is 0.0947. The first kappa shape index (κ1) is 13.5. The van der Waals surface area contributed by atoms with E-state index in [0.717, 1.165) is 25.1 Å². The molecule has 0 aliphatic carbocycles. The van der Waals surface area contributed by atoms with Crippen molar-refractivity contribution in [1.29, 1.82) is 0 Å². The van der Waals surface area contributed by atoms with Crippen molar-refractivity contribution in [3.05, 3.63) is 35.6 Å². The highest BCUT2D eigenvalue weighted by molar-refractivity contribution is 5.20. The van der Waals surface area contributed by atoms with E-state index in [2.05, 4.69) is 4.90 Å². The van der Waals surface area contributed by atoms with Crippen LogP contribution >= 0.6 is 0 Å². The Bertz CT molecular complexity index is 380. The van der Waals surface area contributed by atoms with Gasteiger partial charge >= 0.3 is 0 Å². The van der Waals surface area contributed by atoms with Gasteiger partial charge in [0.05, 0.1) is 6.10 Å². The molecule has 1 aliphatic rings. The van der Waals surface area contributed by atoms with Gasteiger partial charge in [-0.1, -0.05) is 12.1 Å². The molecule has 1 aromatic carbocycles. The van der Waals surface area contributed by atoms with Crippen molar-refractivity contribution in [3.8, 4) is 0 Å². The second kappa shape index (κ2) is 5.78. The van der Waals surface area contributed by atoms with Gasteiger partial charge < -0.3 is 10.8 Å². The van der Waals surface area contributed by atoms with Gasteiger partial charge in [-0.15, -0.1) is 0 Å². The smallest absolute Gasteiger partial charge is 0.123 e. The SMILES string of the molecule is CC(O)C1CCN(C(CN)c2ccc(F)cc2)C1. The highest BCUT2D eigenvalue weighted by Gasteiger charge is 2.30. The van der Waals surface area contributed by atoms with Gasteiger partial charge in [-0.25, -0.2) is 4.39 Å². The number of aliphatic hydroxyl groups excluding tert-OH is 1. The van der Waals surface area contributed by atoms with Crippen LogP contribution in [-0.2, 0) is 0 Å². The van der Waals surface area contributed by atoms with Crippen LogP contribution in [0.5, 0.6) is 0 Å². The molecule has 0 spiro atoms. The topological polar surface area (TPSA) is 49.5 Å². The summed E-state index contributed by atoms with van der Waals surface area (Å²) in [6.45, 7) is 4.15. The monoisotopic (exact) mass is 252 g/mol. The third kappa shape index (κ3) is 2.88. The molecule has 3 nitrogen and oxygen atoms in total. The number of aliphatic hydroxyl groups is 1. The summed E-state index contributed by atoms with van der Waals surface area (Å²) in [5, 5.41) is 9.62. The van der Waals surface area contributed by atoms with Crippen LogP contribution in [0.15, 0.2) is 24.3 Å². The molecule has 100 valence electrons. The van der Waals surface area contributed by atoms with E-state index in [9.17, 15) is 9.50 Å². The molecule has 0 saturated carbocycles. The number of hydrogen-bond acceptors (Lipinski definition) is 3. The number of benzene rings is 1. The van der Waals surface area contributed by atoms with Crippen LogP contribution in [0.3, 0.4) is 0 Å². The van der Waals surface area contributed by atoms with E-state index < -0.39 is 0 Å². The lowest BCUT2D eigenvalue weighted by Crippen LogP contribution is -2.33. The van der Waals surface area contributed by atoms with Gasteiger partial charge in [0, 0.05) is 19.1 Å². The van der Waals surface area contributed by atoms with E-state index in [1.165, 1.54) is 12.1 Å². The van der Waals surface area contributed by atoms with Crippen molar-refractivity contribution in [1.82, 2.24) is 4.90 Å². The third-order valence-corrected chi connectivity index (χ3v) is 3.86. The van der Waals surface area contributed by atoms with Crippen molar-refractivity contribution in [2.45, 2.75) is 25.5 Å². The molecule has 3 atom stereocenters. The fourth-order valence-electron chi connectivity index (χ4n) is 2.67. The van der Waals surface area contributed by atoms with Crippen molar-refractivity contribution in [2.75, 3.05) is 19.6 Å². The van der Waals surface area contributed by atoms with Gasteiger partial charge in [0.2, 0.25) is 0 Å². The molecule has 3 N–H and O–H groups in total.